The van der Waals surface area contributed by atoms with Crippen molar-refractivity contribution in [3.05, 3.63) is 87.7 Å². The summed E-state index contributed by atoms with van der Waals surface area (Å²) in [5.41, 5.74) is 3.46. The maximum absolute atomic E-state index is 13.3. The van der Waals surface area contributed by atoms with Crippen LogP contribution in [0.5, 0.6) is 11.5 Å². The van der Waals surface area contributed by atoms with E-state index in [0.29, 0.717) is 33.0 Å². The molecule has 3 aromatic carbocycles. The lowest BCUT2D eigenvalue weighted by atomic mass is 10.1. The number of amides is 1. The SMILES string of the molecule is COc1cccc(OC)c1C(=O)Nn1c(-c2cccc(Cl)c2)nc2ccccc2c1=O. The van der Waals surface area contributed by atoms with Crippen LogP contribution in [0.25, 0.3) is 22.3 Å². The second-order valence-corrected chi connectivity index (χ2v) is 7.02. The second kappa shape index (κ2) is 8.49. The first kappa shape index (κ1) is 20.4. The highest BCUT2D eigenvalue weighted by Crippen LogP contribution is 2.29. The third kappa shape index (κ3) is 3.83. The van der Waals surface area contributed by atoms with Gasteiger partial charge in [-0.15, -0.1) is 0 Å². The van der Waals surface area contributed by atoms with E-state index in [2.05, 4.69) is 10.4 Å². The van der Waals surface area contributed by atoms with Gasteiger partial charge in [-0.1, -0.05) is 41.9 Å². The van der Waals surface area contributed by atoms with Crippen molar-refractivity contribution in [2.45, 2.75) is 0 Å². The molecule has 0 bridgehead atoms. The number of carbonyl (C=O) groups is 1. The lowest BCUT2D eigenvalue weighted by molar-refractivity contribution is 0.100. The predicted octanol–water partition coefficient (Wildman–Crippen LogP) is 4.12. The standard InChI is InChI=1S/C23H18ClN3O4/c1-30-18-11-6-12-19(31-2)20(18)22(28)26-27-21(14-7-5-8-15(24)13-14)25-17-10-4-3-9-16(17)23(27)29/h3-13H,1-2H3,(H,26,28). The Balaban J connectivity index is 1.92. The number of aromatic nitrogens is 2. The lowest BCUT2D eigenvalue weighted by Gasteiger charge is -2.17. The number of ether oxygens (including phenoxy) is 2. The highest BCUT2D eigenvalue weighted by atomic mass is 35.5. The highest BCUT2D eigenvalue weighted by molar-refractivity contribution is 6.30. The quantitative estimate of drug-likeness (QED) is 0.510. The number of halogens is 1. The van der Waals surface area contributed by atoms with Crippen molar-refractivity contribution in [1.29, 1.82) is 0 Å². The van der Waals surface area contributed by atoms with Crippen molar-refractivity contribution < 1.29 is 14.3 Å². The number of nitrogens with zero attached hydrogens (tertiary/aromatic N) is 2. The minimum absolute atomic E-state index is 0.157. The van der Waals surface area contributed by atoms with Crippen LogP contribution in [0.4, 0.5) is 0 Å². The minimum atomic E-state index is -0.586. The molecule has 0 aliphatic heterocycles. The summed E-state index contributed by atoms with van der Waals surface area (Å²) in [6.07, 6.45) is 0. The van der Waals surface area contributed by atoms with Crippen LogP contribution < -0.4 is 20.5 Å². The Hall–Kier alpha value is -3.84. The van der Waals surface area contributed by atoms with Gasteiger partial charge in [0.2, 0.25) is 0 Å². The van der Waals surface area contributed by atoms with Gasteiger partial charge in [0.1, 0.15) is 17.1 Å². The molecule has 1 heterocycles. The largest absolute Gasteiger partial charge is 0.496 e. The van der Waals surface area contributed by atoms with Gasteiger partial charge in [0.05, 0.1) is 25.1 Å². The van der Waals surface area contributed by atoms with Crippen molar-refractivity contribution in [3.63, 3.8) is 0 Å². The fraction of sp³-hybridized carbons (Fsp3) is 0.0870. The molecule has 0 radical (unpaired) electrons. The molecule has 0 saturated carbocycles. The average molecular weight is 436 g/mol. The number of fused-ring (bicyclic) bond motifs is 1. The molecule has 31 heavy (non-hydrogen) atoms. The van der Waals surface area contributed by atoms with E-state index in [-0.39, 0.29) is 11.4 Å². The third-order valence-corrected chi connectivity index (χ3v) is 4.96. The van der Waals surface area contributed by atoms with Crippen molar-refractivity contribution >= 4 is 28.4 Å². The normalized spacial score (nSPS) is 10.7. The van der Waals surface area contributed by atoms with Crippen LogP contribution in [0.15, 0.2) is 71.5 Å². The summed E-state index contributed by atoms with van der Waals surface area (Å²) < 4.78 is 11.7. The van der Waals surface area contributed by atoms with Crippen LogP contribution in [-0.2, 0) is 0 Å². The van der Waals surface area contributed by atoms with Crippen molar-refractivity contribution in [2.75, 3.05) is 19.6 Å². The number of para-hydroxylation sites is 1. The zero-order chi connectivity index (χ0) is 22.0. The van der Waals surface area contributed by atoms with Crippen LogP contribution in [0.2, 0.25) is 5.02 Å². The molecule has 0 spiro atoms. The average Bonchev–Trinajstić information content (AvgIpc) is 2.80. The number of hydrogen-bond acceptors (Lipinski definition) is 5. The monoisotopic (exact) mass is 435 g/mol. The number of hydrogen-bond donors (Lipinski definition) is 1. The molecular formula is C23H18ClN3O4. The van der Waals surface area contributed by atoms with E-state index in [1.165, 1.54) is 14.2 Å². The molecule has 156 valence electrons. The minimum Gasteiger partial charge on any atom is -0.496 e. The summed E-state index contributed by atoms with van der Waals surface area (Å²) in [6, 6.07) is 18.8. The first-order valence-electron chi connectivity index (χ1n) is 9.33. The predicted molar refractivity (Wildman–Crippen MR) is 120 cm³/mol. The van der Waals surface area contributed by atoms with Gasteiger partial charge in [0.25, 0.3) is 11.5 Å². The number of methoxy groups -OCH3 is 2. The molecule has 0 aliphatic rings. The van der Waals surface area contributed by atoms with Gasteiger partial charge in [-0.3, -0.25) is 15.0 Å². The fourth-order valence-electron chi connectivity index (χ4n) is 3.29. The van der Waals surface area contributed by atoms with Crippen LogP contribution >= 0.6 is 11.6 Å². The second-order valence-electron chi connectivity index (χ2n) is 6.58. The van der Waals surface area contributed by atoms with E-state index in [1.54, 1.807) is 66.7 Å². The van der Waals surface area contributed by atoms with Crippen LogP contribution in [0, 0.1) is 0 Å². The zero-order valence-corrected chi connectivity index (χ0v) is 17.5. The lowest BCUT2D eigenvalue weighted by Crippen LogP contribution is -2.35. The van der Waals surface area contributed by atoms with Gasteiger partial charge in [-0.25, -0.2) is 4.98 Å². The van der Waals surface area contributed by atoms with Gasteiger partial charge in [-0.05, 0) is 36.4 Å². The molecule has 0 aliphatic carbocycles. The molecule has 4 rings (SSSR count). The van der Waals surface area contributed by atoms with Crippen molar-refractivity contribution in [2.24, 2.45) is 0 Å². The summed E-state index contributed by atoms with van der Waals surface area (Å²) in [6.45, 7) is 0. The maximum Gasteiger partial charge on any atom is 0.280 e. The molecular weight excluding hydrogens is 418 g/mol. The smallest absolute Gasteiger partial charge is 0.280 e. The Morgan fingerprint density at radius 2 is 1.65 bits per heavy atom. The maximum atomic E-state index is 13.3. The van der Waals surface area contributed by atoms with E-state index in [0.717, 1.165) is 4.68 Å². The molecule has 1 amide bonds. The molecule has 1 aromatic heterocycles. The molecule has 0 atom stereocenters. The Labute approximate surface area is 182 Å². The van der Waals surface area contributed by atoms with E-state index in [1.807, 2.05) is 0 Å². The number of carbonyl (C=O) groups excluding carboxylic acids is 1. The molecule has 0 saturated heterocycles. The molecule has 0 unspecified atom stereocenters. The van der Waals surface area contributed by atoms with Gasteiger partial charge in [-0.2, -0.15) is 4.68 Å². The summed E-state index contributed by atoms with van der Waals surface area (Å²) >= 11 is 6.15. The first-order chi connectivity index (χ1) is 15.0. The van der Waals surface area contributed by atoms with Gasteiger partial charge in [0, 0.05) is 10.6 Å². The van der Waals surface area contributed by atoms with Crippen molar-refractivity contribution in [3.8, 4) is 22.9 Å². The molecule has 7 nitrogen and oxygen atoms in total. The topological polar surface area (TPSA) is 82.4 Å². The molecule has 0 fully saturated rings. The highest BCUT2D eigenvalue weighted by Gasteiger charge is 2.21. The third-order valence-electron chi connectivity index (χ3n) is 4.73. The van der Waals surface area contributed by atoms with Crippen molar-refractivity contribution in [1.82, 2.24) is 9.66 Å². The summed E-state index contributed by atoms with van der Waals surface area (Å²) in [5.74, 6) is 0.274. The van der Waals surface area contributed by atoms with E-state index < -0.39 is 11.5 Å². The van der Waals surface area contributed by atoms with E-state index in [4.69, 9.17) is 21.1 Å². The number of benzene rings is 3. The Kier molecular flexibility index (Phi) is 5.60. The van der Waals surface area contributed by atoms with Gasteiger partial charge >= 0.3 is 0 Å². The molecule has 4 aromatic rings. The molecule has 1 N–H and O–H groups in total. The van der Waals surface area contributed by atoms with Gasteiger partial charge in [0.15, 0.2) is 5.82 Å². The van der Waals surface area contributed by atoms with Gasteiger partial charge < -0.3 is 9.47 Å². The zero-order valence-electron chi connectivity index (χ0n) is 16.8. The summed E-state index contributed by atoms with van der Waals surface area (Å²) in [7, 11) is 2.90. The van der Waals surface area contributed by atoms with Crippen LogP contribution in [0.3, 0.4) is 0 Å². The van der Waals surface area contributed by atoms with Crippen LogP contribution in [0.1, 0.15) is 10.4 Å². The number of nitrogens with one attached hydrogen (secondary N) is 1. The summed E-state index contributed by atoms with van der Waals surface area (Å²) in [5, 5.41) is 0.838. The molecule has 8 heteroatoms. The van der Waals surface area contributed by atoms with E-state index >= 15 is 0 Å². The number of rotatable bonds is 5. The first-order valence-corrected chi connectivity index (χ1v) is 9.71. The van der Waals surface area contributed by atoms with E-state index in [9.17, 15) is 9.59 Å². The fourth-order valence-corrected chi connectivity index (χ4v) is 3.48. The Morgan fingerprint density at radius 1 is 0.968 bits per heavy atom. The Bertz CT molecular complexity index is 1330. The van der Waals surface area contributed by atoms with Crippen LogP contribution in [-0.4, -0.2) is 29.8 Å². The summed E-state index contributed by atoms with van der Waals surface area (Å²) in [4.78, 5) is 31.1. The Morgan fingerprint density at radius 3 is 2.32 bits per heavy atom.